The first-order valence-corrected chi connectivity index (χ1v) is 16.2. The molecule has 10 nitrogen and oxygen atoms in total. The summed E-state index contributed by atoms with van der Waals surface area (Å²) in [6, 6.07) is -0.614. The quantitative estimate of drug-likeness (QED) is 0.191. The van der Waals surface area contributed by atoms with Crippen LogP contribution in [0.25, 0.3) is 0 Å². The summed E-state index contributed by atoms with van der Waals surface area (Å²) in [4.78, 5) is 49.2. The van der Waals surface area contributed by atoms with Crippen molar-refractivity contribution in [1.82, 2.24) is 10.6 Å². The highest BCUT2D eigenvalue weighted by Gasteiger charge is 2.23. The maximum atomic E-state index is 12.1. The van der Waals surface area contributed by atoms with Gasteiger partial charge in [-0.05, 0) is 103 Å². The number of aryl methyl sites for hydroxylation is 2. The van der Waals surface area contributed by atoms with Gasteiger partial charge in [-0.15, -0.1) is 22.7 Å². The number of ether oxygens (including phenoxy) is 2. The summed E-state index contributed by atoms with van der Waals surface area (Å²) in [6.07, 6.45) is 1.55. The number of carbonyl (C=O) groups excluding carboxylic acids is 4. The van der Waals surface area contributed by atoms with E-state index in [1.807, 2.05) is 38.5 Å². The van der Waals surface area contributed by atoms with Crippen molar-refractivity contribution in [2.45, 2.75) is 106 Å². The SMILES string of the molecule is CCCN[C@@H](C)C(=O)Nc1c(C)csc1C(=O)OC(C)C.CCCN[C@H](C)C(=O)Nc1c(C)csc1C(=O)OC(C)C. The zero-order valence-electron chi connectivity index (χ0n) is 26.6. The van der Waals surface area contributed by atoms with Crippen LogP contribution in [0, 0.1) is 13.8 Å². The Morgan fingerprint density at radius 2 is 1.00 bits per heavy atom. The summed E-state index contributed by atoms with van der Waals surface area (Å²) in [6.45, 7) is 20.2. The fourth-order valence-electron chi connectivity index (χ4n) is 3.40. The lowest BCUT2D eigenvalue weighted by atomic mass is 10.2. The average Bonchev–Trinajstić information content (AvgIpc) is 3.47. The van der Waals surface area contributed by atoms with E-state index in [4.69, 9.17) is 9.47 Å². The second-order valence-corrected chi connectivity index (χ2v) is 12.2. The Labute approximate surface area is 258 Å². The van der Waals surface area contributed by atoms with Crippen LogP contribution in [-0.2, 0) is 19.1 Å². The van der Waals surface area contributed by atoms with Crippen LogP contribution < -0.4 is 21.3 Å². The first kappa shape index (κ1) is 37.2. The van der Waals surface area contributed by atoms with Crippen molar-refractivity contribution in [2.24, 2.45) is 0 Å². The van der Waals surface area contributed by atoms with Gasteiger partial charge in [0, 0.05) is 0 Å². The number of rotatable bonds is 14. The van der Waals surface area contributed by atoms with Crippen molar-refractivity contribution >= 4 is 57.8 Å². The molecule has 0 spiro atoms. The number of amides is 2. The molecule has 0 aromatic carbocycles. The molecule has 0 aliphatic heterocycles. The predicted molar refractivity (Wildman–Crippen MR) is 172 cm³/mol. The molecule has 0 saturated carbocycles. The summed E-state index contributed by atoms with van der Waals surface area (Å²) in [5.41, 5.74) is 2.85. The largest absolute Gasteiger partial charge is 0.459 e. The average molecular weight is 625 g/mol. The Balaban J connectivity index is 0.000000420. The Hall–Kier alpha value is -2.80. The molecule has 0 bridgehead atoms. The molecule has 0 fully saturated rings. The van der Waals surface area contributed by atoms with Gasteiger partial charge in [-0.25, -0.2) is 9.59 Å². The maximum absolute atomic E-state index is 12.1. The number of nitrogens with one attached hydrogen (secondary N) is 4. The minimum Gasteiger partial charge on any atom is -0.459 e. The third-order valence-corrected chi connectivity index (χ3v) is 7.85. The van der Waals surface area contributed by atoms with Gasteiger partial charge in [0.25, 0.3) is 0 Å². The molecule has 0 aliphatic carbocycles. The summed E-state index contributed by atoms with van der Waals surface area (Å²) >= 11 is 2.58. The van der Waals surface area contributed by atoms with Gasteiger partial charge in [-0.1, -0.05) is 13.8 Å². The zero-order chi connectivity index (χ0) is 32.0. The smallest absolute Gasteiger partial charge is 0.350 e. The predicted octanol–water partition coefficient (Wildman–Crippen LogP) is 5.90. The number of thiophene rings is 2. The van der Waals surface area contributed by atoms with Crippen molar-refractivity contribution in [2.75, 3.05) is 23.7 Å². The lowest BCUT2D eigenvalue weighted by molar-refractivity contribution is -0.118. The highest BCUT2D eigenvalue weighted by Crippen LogP contribution is 2.30. The summed E-state index contributed by atoms with van der Waals surface area (Å²) < 4.78 is 10.4. The fourth-order valence-corrected chi connectivity index (χ4v) is 5.18. The van der Waals surface area contributed by atoms with Crippen molar-refractivity contribution < 1.29 is 28.7 Å². The van der Waals surface area contributed by atoms with Gasteiger partial charge < -0.3 is 30.7 Å². The molecule has 0 saturated heterocycles. The molecule has 2 amide bonds. The lowest BCUT2D eigenvalue weighted by Crippen LogP contribution is -2.38. The molecule has 0 unspecified atom stereocenters. The minimum atomic E-state index is -0.396. The summed E-state index contributed by atoms with van der Waals surface area (Å²) in [5, 5.41) is 15.6. The maximum Gasteiger partial charge on any atom is 0.350 e. The van der Waals surface area contributed by atoms with Crippen LogP contribution in [0.4, 0.5) is 11.4 Å². The molecule has 2 atom stereocenters. The second kappa shape index (κ2) is 18.7. The van der Waals surface area contributed by atoms with E-state index in [-0.39, 0.29) is 36.1 Å². The number of carbonyl (C=O) groups is 4. The van der Waals surface area contributed by atoms with Crippen LogP contribution in [-0.4, -0.2) is 61.1 Å². The van der Waals surface area contributed by atoms with E-state index in [9.17, 15) is 19.2 Å². The lowest BCUT2D eigenvalue weighted by Gasteiger charge is -2.15. The van der Waals surface area contributed by atoms with Gasteiger partial charge >= 0.3 is 11.9 Å². The normalized spacial score (nSPS) is 12.3. The molecule has 12 heteroatoms. The third kappa shape index (κ3) is 12.2. The van der Waals surface area contributed by atoms with Gasteiger partial charge in [-0.3, -0.25) is 9.59 Å². The number of anilines is 2. The van der Waals surface area contributed by atoms with Gasteiger partial charge in [0.05, 0.1) is 35.7 Å². The fraction of sp³-hybridized carbons (Fsp3) is 0.600. The first-order valence-electron chi connectivity index (χ1n) is 14.4. The minimum absolute atomic E-state index is 0.149. The molecule has 42 heavy (non-hydrogen) atoms. The molecular weight excluding hydrogens is 576 g/mol. The Morgan fingerprint density at radius 1 is 0.667 bits per heavy atom. The van der Waals surface area contributed by atoms with E-state index in [2.05, 4.69) is 21.3 Å². The zero-order valence-corrected chi connectivity index (χ0v) is 28.2. The number of esters is 2. The van der Waals surface area contributed by atoms with Crippen LogP contribution in [0.3, 0.4) is 0 Å². The van der Waals surface area contributed by atoms with E-state index in [0.29, 0.717) is 21.1 Å². The highest BCUT2D eigenvalue weighted by atomic mass is 32.1. The van der Waals surface area contributed by atoms with E-state index >= 15 is 0 Å². The van der Waals surface area contributed by atoms with Crippen molar-refractivity contribution in [3.05, 3.63) is 31.6 Å². The van der Waals surface area contributed by atoms with Crippen LogP contribution in [0.15, 0.2) is 10.8 Å². The topological polar surface area (TPSA) is 135 Å². The van der Waals surface area contributed by atoms with Crippen LogP contribution in [0.5, 0.6) is 0 Å². The third-order valence-electron chi connectivity index (χ3n) is 5.69. The summed E-state index contributed by atoms with van der Waals surface area (Å²) in [7, 11) is 0. The van der Waals surface area contributed by atoms with E-state index in [1.54, 1.807) is 41.5 Å². The van der Waals surface area contributed by atoms with E-state index in [1.165, 1.54) is 22.7 Å². The Morgan fingerprint density at radius 3 is 1.29 bits per heavy atom. The standard InChI is InChI=1S/2C15H24N2O3S/c2*1-6-7-16-11(5)14(18)17-12-10(4)8-21-13(12)15(19)20-9(2)3/h2*8-9,11,16H,6-7H2,1-5H3,(H,17,18)/t2*11-/m10/s1. The summed E-state index contributed by atoms with van der Waals surface area (Å²) in [5.74, 6) is -1.09. The monoisotopic (exact) mass is 624 g/mol. The molecule has 2 heterocycles. The molecule has 2 aromatic heterocycles. The van der Waals surface area contributed by atoms with Gasteiger partial charge in [0.2, 0.25) is 11.8 Å². The molecule has 2 rings (SSSR count). The van der Waals surface area contributed by atoms with E-state index < -0.39 is 11.9 Å². The molecule has 0 radical (unpaired) electrons. The second-order valence-electron chi connectivity index (χ2n) is 10.5. The first-order chi connectivity index (χ1) is 19.7. The molecule has 0 aliphatic rings. The van der Waals surface area contributed by atoms with Gasteiger partial charge in [0.15, 0.2) is 0 Å². The van der Waals surface area contributed by atoms with Gasteiger partial charge in [-0.2, -0.15) is 0 Å². The van der Waals surface area contributed by atoms with Crippen LogP contribution >= 0.6 is 22.7 Å². The Bertz CT molecular complexity index is 1080. The van der Waals surface area contributed by atoms with Crippen molar-refractivity contribution in [3.63, 3.8) is 0 Å². The van der Waals surface area contributed by atoms with Crippen molar-refractivity contribution in [3.8, 4) is 0 Å². The van der Waals surface area contributed by atoms with Crippen molar-refractivity contribution in [1.29, 1.82) is 0 Å². The molecule has 4 N–H and O–H groups in total. The number of hydrogen-bond donors (Lipinski definition) is 4. The van der Waals surface area contributed by atoms with Gasteiger partial charge in [0.1, 0.15) is 9.75 Å². The molecular formula is C30H48N4O6S2. The number of hydrogen-bond acceptors (Lipinski definition) is 10. The van der Waals surface area contributed by atoms with Crippen LogP contribution in [0.2, 0.25) is 0 Å². The molecule has 2 aromatic rings. The van der Waals surface area contributed by atoms with E-state index in [0.717, 1.165) is 37.1 Å². The Kier molecular flexibility index (Phi) is 16.6. The highest BCUT2D eigenvalue weighted by molar-refractivity contribution is 7.13. The van der Waals surface area contributed by atoms with Crippen LogP contribution in [0.1, 0.15) is 98.7 Å². The molecule has 236 valence electrons.